The van der Waals surface area contributed by atoms with Crippen LogP contribution in [-0.2, 0) is 0 Å². The van der Waals surface area contributed by atoms with Gasteiger partial charge in [0.25, 0.3) is 0 Å². The van der Waals surface area contributed by atoms with Gasteiger partial charge in [-0.2, -0.15) is 4.98 Å². The van der Waals surface area contributed by atoms with Crippen LogP contribution in [-0.4, -0.2) is 38.6 Å². The van der Waals surface area contributed by atoms with Gasteiger partial charge in [0.05, 0.1) is 19.2 Å². The number of carbonyl (C=O) groups excluding carboxylic acids is 1. The molecular formula is C14H13N5O2S. The molecule has 0 saturated heterocycles. The van der Waals surface area contributed by atoms with E-state index in [4.69, 9.17) is 10.5 Å². The van der Waals surface area contributed by atoms with Crippen molar-refractivity contribution in [2.45, 2.75) is 5.03 Å². The fourth-order valence-electron chi connectivity index (χ4n) is 1.92. The molecule has 0 unspecified atom stereocenters. The third-order valence-corrected chi connectivity index (χ3v) is 4.00. The van der Waals surface area contributed by atoms with Crippen LogP contribution >= 0.6 is 11.8 Å². The van der Waals surface area contributed by atoms with Gasteiger partial charge in [0.1, 0.15) is 16.3 Å². The molecule has 2 heterocycles. The number of Topliss-reactive ketones (excluding diaryl/α,β-unsaturated/α-hetero) is 1. The number of nitrogens with zero attached hydrogens (tertiary/aromatic N) is 3. The summed E-state index contributed by atoms with van der Waals surface area (Å²) in [5.41, 5.74) is 7.44. The van der Waals surface area contributed by atoms with Gasteiger partial charge < -0.3 is 15.5 Å². The van der Waals surface area contributed by atoms with Crippen molar-refractivity contribution in [3.05, 3.63) is 36.2 Å². The zero-order valence-corrected chi connectivity index (χ0v) is 12.6. The lowest BCUT2D eigenvalue weighted by Crippen LogP contribution is -2.04. The summed E-state index contributed by atoms with van der Waals surface area (Å²) in [4.78, 5) is 27.4. The smallest absolute Gasteiger partial charge is 0.223 e. The third kappa shape index (κ3) is 2.86. The molecule has 3 rings (SSSR count). The Morgan fingerprint density at radius 3 is 2.82 bits per heavy atom. The Labute approximate surface area is 130 Å². The van der Waals surface area contributed by atoms with Crippen LogP contribution in [0.3, 0.4) is 0 Å². The van der Waals surface area contributed by atoms with E-state index in [2.05, 4.69) is 19.9 Å². The highest BCUT2D eigenvalue weighted by molar-refractivity contribution is 8.00. The van der Waals surface area contributed by atoms with Gasteiger partial charge in [-0.3, -0.25) is 4.79 Å². The molecule has 0 spiro atoms. The number of rotatable bonds is 5. The molecule has 0 radical (unpaired) electrons. The maximum atomic E-state index is 12.2. The summed E-state index contributed by atoms with van der Waals surface area (Å²) in [5, 5.41) is 0.613. The number of ketones is 1. The predicted octanol–water partition coefficient (Wildman–Crippen LogP) is 1.92. The van der Waals surface area contributed by atoms with Crippen LogP contribution < -0.4 is 10.5 Å². The SMILES string of the molecule is COc1ccc(C(=O)CSc2nc(N)nc3nc[nH]c23)cc1. The van der Waals surface area contributed by atoms with Crippen LogP contribution in [0.4, 0.5) is 5.95 Å². The zero-order valence-electron chi connectivity index (χ0n) is 11.7. The van der Waals surface area contributed by atoms with Crippen molar-refractivity contribution < 1.29 is 9.53 Å². The first-order valence-corrected chi connectivity index (χ1v) is 7.42. The average molecular weight is 315 g/mol. The Morgan fingerprint density at radius 1 is 1.32 bits per heavy atom. The largest absolute Gasteiger partial charge is 0.497 e. The number of carbonyl (C=O) groups is 1. The highest BCUT2D eigenvalue weighted by atomic mass is 32.2. The minimum absolute atomic E-state index is 0.00231. The van der Waals surface area contributed by atoms with Crippen LogP contribution in [0.1, 0.15) is 10.4 Å². The molecule has 112 valence electrons. The van der Waals surface area contributed by atoms with E-state index in [0.717, 1.165) is 0 Å². The molecule has 22 heavy (non-hydrogen) atoms. The number of hydrogen-bond acceptors (Lipinski definition) is 7. The van der Waals surface area contributed by atoms with Crippen molar-refractivity contribution in [1.29, 1.82) is 0 Å². The number of thioether (sulfide) groups is 1. The Bertz CT molecular complexity index is 816. The van der Waals surface area contributed by atoms with Crippen LogP contribution in [0.25, 0.3) is 11.2 Å². The number of methoxy groups -OCH3 is 1. The van der Waals surface area contributed by atoms with Gasteiger partial charge in [-0.25, -0.2) is 9.97 Å². The average Bonchev–Trinajstić information content (AvgIpc) is 3.00. The monoisotopic (exact) mass is 315 g/mol. The first-order valence-electron chi connectivity index (χ1n) is 6.44. The van der Waals surface area contributed by atoms with E-state index < -0.39 is 0 Å². The van der Waals surface area contributed by atoms with Crippen molar-refractivity contribution in [3.8, 4) is 5.75 Å². The van der Waals surface area contributed by atoms with Gasteiger partial charge in [-0.05, 0) is 24.3 Å². The number of hydrogen-bond donors (Lipinski definition) is 2. The number of aromatic nitrogens is 4. The fourth-order valence-corrected chi connectivity index (χ4v) is 2.81. The third-order valence-electron chi connectivity index (χ3n) is 3.02. The maximum Gasteiger partial charge on any atom is 0.223 e. The lowest BCUT2D eigenvalue weighted by atomic mass is 10.1. The summed E-state index contributed by atoms with van der Waals surface area (Å²) in [5.74, 6) is 1.10. The molecule has 0 aliphatic heterocycles. The van der Waals surface area contributed by atoms with Crippen molar-refractivity contribution in [1.82, 2.24) is 19.9 Å². The number of imidazole rings is 1. The van der Waals surface area contributed by atoms with Crippen LogP contribution in [0.2, 0.25) is 0 Å². The summed E-state index contributed by atoms with van der Waals surface area (Å²) in [6, 6.07) is 6.99. The second-order valence-corrected chi connectivity index (χ2v) is 5.39. The van der Waals surface area contributed by atoms with E-state index in [0.29, 0.717) is 27.5 Å². The minimum Gasteiger partial charge on any atom is -0.497 e. The first kappa shape index (κ1) is 14.3. The second kappa shape index (κ2) is 6.02. The number of anilines is 1. The van der Waals surface area contributed by atoms with Crippen LogP contribution in [0.15, 0.2) is 35.6 Å². The normalized spacial score (nSPS) is 10.8. The van der Waals surface area contributed by atoms with E-state index in [1.54, 1.807) is 31.4 Å². The molecule has 0 atom stereocenters. The fraction of sp³-hybridized carbons (Fsp3) is 0.143. The summed E-state index contributed by atoms with van der Waals surface area (Å²) in [6.07, 6.45) is 1.52. The number of nitrogen functional groups attached to an aromatic ring is 1. The summed E-state index contributed by atoms with van der Waals surface area (Å²) in [6.45, 7) is 0. The van der Waals surface area contributed by atoms with Gasteiger partial charge >= 0.3 is 0 Å². The molecule has 0 saturated carbocycles. The Morgan fingerprint density at radius 2 is 2.09 bits per heavy atom. The van der Waals surface area contributed by atoms with E-state index in [1.165, 1.54) is 18.1 Å². The summed E-state index contributed by atoms with van der Waals surface area (Å²) < 4.78 is 5.07. The number of nitrogens with one attached hydrogen (secondary N) is 1. The van der Waals surface area contributed by atoms with Gasteiger partial charge in [0.15, 0.2) is 11.4 Å². The van der Waals surface area contributed by atoms with Gasteiger partial charge in [-0.15, -0.1) is 0 Å². The number of aromatic amines is 1. The van der Waals surface area contributed by atoms with Gasteiger partial charge in [0.2, 0.25) is 5.95 Å². The van der Waals surface area contributed by atoms with Crippen molar-refractivity contribution >= 4 is 34.7 Å². The lowest BCUT2D eigenvalue weighted by molar-refractivity contribution is 0.102. The topological polar surface area (TPSA) is 107 Å². The van der Waals surface area contributed by atoms with Crippen molar-refractivity contribution in [2.24, 2.45) is 0 Å². The first-order chi connectivity index (χ1) is 10.7. The highest BCUT2D eigenvalue weighted by Gasteiger charge is 2.12. The quantitative estimate of drug-likeness (QED) is 0.421. The van der Waals surface area contributed by atoms with Crippen molar-refractivity contribution in [3.63, 3.8) is 0 Å². The Hall–Kier alpha value is -2.61. The molecule has 1 aromatic carbocycles. The summed E-state index contributed by atoms with van der Waals surface area (Å²) >= 11 is 1.30. The Kier molecular flexibility index (Phi) is 3.92. The molecular weight excluding hydrogens is 302 g/mol. The van der Waals surface area contributed by atoms with E-state index >= 15 is 0 Å². The van der Waals surface area contributed by atoms with E-state index in [9.17, 15) is 4.79 Å². The molecule has 0 fully saturated rings. The molecule has 2 aromatic heterocycles. The van der Waals surface area contributed by atoms with Gasteiger partial charge in [0, 0.05) is 5.56 Å². The maximum absolute atomic E-state index is 12.2. The number of ether oxygens (including phenoxy) is 1. The molecule has 0 bridgehead atoms. The van der Waals surface area contributed by atoms with Crippen LogP contribution in [0, 0.1) is 0 Å². The van der Waals surface area contributed by atoms with Crippen molar-refractivity contribution in [2.75, 3.05) is 18.6 Å². The number of nitrogens with two attached hydrogens (primary N) is 1. The predicted molar refractivity (Wildman–Crippen MR) is 84.1 cm³/mol. The number of H-pyrrole nitrogens is 1. The molecule has 3 aromatic rings. The number of benzene rings is 1. The molecule has 8 heteroatoms. The van der Waals surface area contributed by atoms with E-state index in [1.807, 2.05) is 0 Å². The minimum atomic E-state index is -0.00231. The highest BCUT2D eigenvalue weighted by Crippen LogP contribution is 2.24. The Balaban J connectivity index is 1.75. The molecule has 0 aliphatic rings. The molecule has 0 aliphatic carbocycles. The second-order valence-electron chi connectivity index (χ2n) is 4.43. The lowest BCUT2D eigenvalue weighted by Gasteiger charge is -2.04. The van der Waals surface area contributed by atoms with Crippen LogP contribution in [0.5, 0.6) is 5.75 Å². The molecule has 7 nitrogen and oxygen atoms in total. The number of fused-ring (bicyclic) bond motifs is 1. The molecule has 0 amide bonds. The van der Waals surface area contributed by atoms with E-state index in [-0.39, 0.29) is 17.5 Å². The standard InChI is InChI=1S/C14H13N5O2S/c1-21-9-4-2-8(3-5-9)10(20)6-22-13-11-12(17-7-16-11)18-14(15)19-13/h2-5,7H,6H2,1H3,(H3,15,16,17,18,19). The molecule has 3 N–H and O–H groups in total. The summed E-state index contributed by atoms with van der Waals surface area (Å²) in [7, 11) is 1.59. The zero-order chi connectivity index (χ0) is 15.5. The van der Waals surface area contributed by atoms with Gasteiger partial charge in [-0.1, -0.05) is 11.8 Å².